The number of anilines is 2. The van der Waals surface area contributed by atoms with Gasteiger partial charge in [-0.2, -0.15) is 0 Å². The number of hydrogen-bond donors (Lipinski definition) is 1. The van der Waals surface area contributed by atoms with E-state index >= 15 is 0 Å². The first-order chi connectivity index (χ1) is 11.4. The molecule has 0 saturated carbocycles. The summed E-state index contributed by atoms with van der Waals surface area (Å²) in [5.74, 6) is 1.76. The summed E-state index contributed by atoms with van der Waals surface area (Å²) < 4.78 is 6.08. The number of fused-ring (bicyclic) bond motifs is 2. The van der Waals surface area contributed by atoms with Gasteiger partial charge in [0.1, 0.15) is 0 Å². The Labute approximate surface area is 136 Å². The van der Waals surface area contributed by atoms with Crippen molar-refractivity contribution in [1.29, 1.82) is 0 Å². The van der Waals surface area contributed by atoms with Crippen molar-refractivity contribution in [2.24, 2.45) is 0 Å². The van der Waals surface area contributed by atoms with Crippen LogP contribution in [0.2, 0.25) is 0 Å². The average Bonchev–Trinajstić information content (AvgIpc) is 2.60. The van der Waals surface area contributed by atoms with Crippen molar-refractivity contribution in [2.75, 3.05) is 18.4 Å². The van der Waals surface area contributed by atoms with Gasteiger partial charge in [-0.1, -0.05) is 43.3 Å². The van der Waals surface area contributed by atoms with Crippen LogP contribution in [0.4, 0.5) is 11.4 Å². The summed E-state index contributed by atoms with van der Waals surface area (Å²) in [7, 11) is 0. The van der Waals surface area contributed by atoms with Gasteiger partial charge in [-0.25, -0.2) is 0 Å². The van der Waals surface area contributed by atoms with Crippen molar-refractivity contribution in [1.82, 2.24) is 4.90 Å². The normalized spacial score (nSPS) is 15.2. The van der Waals surface area contributed by atoms with Crippen LogP contribution in [0.3, 0.4) is 0 Å². The second-order valence-electron chi connectivity index (χ2n) is 5.83. The van der Waals surface area contributed by atoms with Crippen LogP contribution in [0.15, 0.2) is 60.7 Å². The lowest BCUT2D eigenvalue weighted by Gasteiger charge is -2.31. The predicted octanol–water partition coefficient (Wildman–Crippen LogP) is 5.16. The molecule has 0 aliphatic carbocycles. The molecular weight excluding hydrogens is 284 g/mol. The summed E-state index contributed by atoms with van der Waals surface area (Å²) >= 11 is 0. The third-order valence-corrected chi connectivity index (χ3v) is 4.22. The van der Waals surface area contributed by atoms with Crippen molar-refractivity contribution in [3.8, 4) is 11.5 Å². The van der Waals surface area contributed by atoms with Gasteiger partial charge < -0.3 is 15.0 Å². The molecule has 3 nitrogen and oxygen atoms in total. The molecule has 0 radical (unpaired) electrons. The van der Waals surface area contributed by atoms with Crippen LogP contribution in [-0.4, -0.2) is 18.0 Å². The van der Waals surface area contributed by atoms with E-state index in [0.717, 1.165) is 42.4 Å². The van der Waals surface area contributed by atoms with E-state index in [1.54, 1.807) is 0 Å². The van der Waals surface area contributed by atoms with Crippen molar-refractivity contribution in [2.45, 2.75) is 13.3 Å². The van der Waals surface area contributed by atoms with Crippen LogP contribution in [0, 0.1) is 0 Å². The van der Waals surface area contributed by atoms with E-state index in [-0.39, 0.29) is 0 Å². The molecule has 0 atom stereocenters. The zero-order valence-electron chi connectivity index (χ0n) is 13.3. The first-order valence-corrected chi connectivity index (χ1v) is 8.16. The molecule has 2 heterocycles. The summed E-state index contributed by atoms with van der Waals surface area (Å²) in [4.78, 5) is 2.41. The number of hydrogen-bond acceptors (Lipinski definition) is 3. The lowest BCUT2D eigenvalue weighted by atomic mass is 10.0. The fourth-order valence-electron chi connectivity index (χ4n) is 3.16. The third-order valence-electron chi connectivity index (χ3n) is 4.22. The second-order valence-corrected chi connectivity index (χ2v) is 5.83. The largest absolute Gasteiger partial charge is 0.453 e. The number of rotatable bonds is 3. The number of allylic oxidation sites excluding steroid dienone is 2. The molecule has 2 aliphatic heterocycles. The quantitative estimate of drug-likeness (QED) is 0.723. The summed E-state index contributed by atoms with van der Waals surface area (Å²) in [6, 6.07) is 14.3. The number of benzene rings is 2. The molecule has 0 amide bonds. The molecule has 3 heteroatoms. The van der Waals surface area contributed by atoms with E-state index in [1.807, 2.05) is 30.3 Å². The molecule has 0 aromatic heterocycles. The molecule has 1 N–H and O–H groups in total. The van der Waals surface area contributed by atoms with Crippen LogP contribution in [-0.2, 0) is 0 Å². The Kier molecular flexibility index (Phi) is 3.54. The smallest absolute Gasteiger partial charge is 0.151 e. The highest BCUT2D eigenvalue weighted by atomic mass is 16.5. The first kappa shape index (κ1) is 13.9. The van der Waals surface area contributed by atoms with Gasteiger partial charge in [0.15, 0.2) is 11.5 Å². The van der Waals surface area contributed by atoms with E-state index < -0.39 is 0 Å². The maximum absolute atomic E-state index is 6.08. The number of para-hydroxylation sites is 3. The molecule has 4 rings (SSSR count). The molecule has 2 aliphatic rings. The van der Waals surface area contributed by atoms with Crippen molar-refractivity contribution in [3.05, 3.63) is 66.3 Å². The fourth-order valence-corrected chi connectivity index (χ4v) is 3.16. The number of nitrogens with one attached hydrogen (secondary N) is 1. The van der Waals surface area contributed by atoms with Gasteiger partial charge in [0.05, 0.1) is 11.4 Å². The van der Waals surface area contributed by atoms with Gasteiger partial charge in [-0.3, -0.25) is 0 Å². The van der Waals surface area contributed by atoms with Crippen LogP contribution in [0.5, 0.6) is 11.5 Å². The summed E-state index contributed by atoms with van der Waals surface area (Å²) in [6.07, 6.45) is 7.66. The topological polar surface area (TPSA) is 24.5 Å². The number of ether oxygens (including phenoxy) is 1. The minimum absolute atomic E-state index is 0.875. The van der Waals surface area contributed by atoms with E-state index in [4.69, 9.17) is 4.74 Å². The zero-order valence-corrected chi connectivity index (χ0v) is 13.3. The van der Waals surface area contributed by atoms with Gasteiger partial charge in [0.25, 0.3) is 0 Å². The van der Waals surface area contributed by atoms with Gasteiger partial charge >= 0.3 is 0 Å². The minimum atomic E-state index is 0.875. The predicted molar refractivity (Wildman–Crippen MR) is 95.2 cm³/mol. The molecule has 0 fully saturated rings. The van der Waals surface area contributed by atoms with Crippen molar-refractivity contribution in [3.63, 3.8) is 0 Å². The van der Waals surface area contributed by atoms with Gasteiger partial charge in [0.2, 0.25) is 0 Å². The average molecular weight is 304 g/mol. The Morgan fingerprint density at radius 2 is 1.96 bits per heavy atom. The summed E-state index contributed by atoms with van der Waals surface area (Å²) in [6.45, 7) is 4.23. The highest BCUT2D eigenvalue weighted by Gasteiger charge is 2.22. The van der Waals surface area contributed by atoms with Crippen LogP contribution in [0.25, 0.3) is 5.70 Å². The number of nitrogens with zero attached hydrogens (tertiary/aromatic N) is 1. The van der Waals surface area contributed by atoms with Crippen molar-refractivity contribution < 1.29 is 4.74 Å². The summed E-state index contributed by atoms with van der Waals surface area (Å²) in [5.41, 5.74) is 4.51. The third kappa shape index (κ3) is 2.48. The summed E-state index contributed by atoms with van der Waals surface area (Å²) in [5, 5.41) is 3.55. The molecule has 116 valence electrons. The SMILES string of the molecule is CCCN1CC=CC=C1c1cccc2c1Nc1ccccc1O2. The maximum Gasteiger partial charge on any atom is 0.151 e. The molecule has 0 spiro atoms. The second kappa shape index (κ2) is 5.84. The molecule has 23 heavy (non-hydrogen) atoms. The van der Waals surface area contributed by atoms with Gasteiger partial charge in [0, 0.05) is 24.4 Å². The van der Waals surface area contributed by atoms with Crippen LogP contribution < -0.4 is 10.1 Å². The molecule has 0 saturated heterocycles. The van der Waals surface area contributed by atoms with Gasteiger partial charge in [-0.15, -0.1) is 0 Å². The fraction of sp³-hybridized carbons (Fsp3) is 0.200. The standard InChI is InChI=1S/C20H20N2O/c1-2-13-22-14-6-5-10-17(22)15-8-7-12-19-20(15)21-16-9-3-4-11-18(16)23-19/h3-12,21H,2,13-14H2,1H3. The van der Waals surface area contributed by atoms with E-state index in [2.05, 4.69) is 47.5 Å². The first-order valence-electron chi connectivity index (χ1n) is 8.16. The van der Waals surface area contributed by atoms with E-state index in [0.29, 0.717) is 0 Å². The Morgan fingerprint density at radius 3 is 2.87 bits per heavy atom. The Hall–Kier alpha value is -2.68. The molecule has 2 aromatic rings. The zero-order chi connectivity index (χ0) is 15.6. The minimum Gasteiger partial charge on any atom is -0.453 e. The monoisotopic (exact) mass is 304 g/mol. The Bertz CT molecular complexity index is 792. The van der Waals surface area contributed by atoms with Crippen molar-refractivity contribution >= 4 is 17.1 Å². The molecule has 0 unspecified atom stereocenters. The van der Waals surface area contributed by atoms with Crippen LogP contribution >= 0.6 is 0 Å². The maximum atomic E-state index is 6.08. The van der Waals surface area contributed by atoms with Crippen LogP contribution in [0.1, 0.15) is 18.9 Å². The highest BCUT2D eigenvalue weighted by Crippen LogP contribution is 2.45. The van der Waals surface area contributed by atoms with E-state index in [9.17, 15) is 0 Å². The lowest BCUT2D eigenvalue weighted by Crippen LogP contribution is -2.25. The Balaban J connectivity index is 1.77. The molecule has 2 aromatic carbocycles. The Morgan fingerprint density at radius 1 is 1.09 bits per heavy atom. The highest BCUT2D eigenvalue weighted by molar-refractivity contribution is 5.86. The van der Waals surface area contributed by atoms with E-state index in [1.165, 1.54) is 11.3 Å². The molecule has 0 bridgehead atoms. The molecular formula is C20H20N2O. The van der Waals surface area contributed by atoms with Gasteiger partial charge in [-0.05, 0) is 30.7 Å². The lowest BCUT2D eigenvalue weighted by molar-refractivity contribution is 0.433.